The quantitative estimate of drug-likeness (QED) is 0.677. The lowest BCUT2D eigenvalue weighted by Gasteiger charge is -2.26. The van der Waals surface area contributed by atoms with E-state index in [1.54, 1.807) is 12.1 Å². The Morgan fingerprint density at radius 1 is 1.38 bits per heavy atom. The third kappa shape index (κ3) is 3.73. The Morgan fingerprint density at radius 3 is 2.88 bits per heavy atom. The highest BCUT2D eigenvalue weighted by Crippen LogP contribution is 2.30. The van der Waals surface area contributed by atoms with Crippen LogP contribution in [0.15, 0.2) is 29.1 Å². The summed E-state index contributed by atoms with van der Waals surface area (Å²) in [4.78, 5) is 17.2. The van der Waals surface area contributed by atoms with Gasteiger partial charge >= 0.3 is 0 Å². The van der Waals surface area contributed by atoms with Gasteiger partial charge in [0, 0.05) is 23.7 Å². The zero-order chi connectivity index (χ0) is 18.9. The van der Waals surface area contributed by atoms with Crippen molar-refractivity contribution in [2.75, 3.05) is 11.9 Å². The molecule has 0 amide bonds. The molecule has 3 aromatic rings. The molecule has 2 heterocycles. The Morgan fingerprint density at radius 2 is 2.15 bits per heavy atom. The van der Waals surface area contributed by atoms with Crippen LogP contribution in [0, 0.1) is 5.82 Å². The number of fused-ring (bicyclic) bond motifs is 1. The number of halogens is 2. The summed E-state index contributed by atoms with van der Waals surface area (Å²) in [5, 5.41) is 8.15. The summed E-state index contributed by atoms with van der Waals surface area (Å²) in [7, 11) is 0. The fraction of sp³-hybridized carbons (Fsp3) is 0.389. The molecule has 0 saturated carbocycles. The molecule has 26 heavy (non-hydrogen) atoms. The highest BCUT2D eigenvalue weighted by Gasteiger charge is 2.25. The number of benzene rings is 1. The number of hydrogen-bond acceptors (Lipinski definition) is 5. The lowest BCUT2D eigenvalue weighted by Crippen LogP contribution is -2.29. The van der Waals surface area contributed by atoms with E-state index in [4.69, 9.17) is 11.6 Å². The summed E-state index contributed by atoms with van der Waals surface area (Å²) < 4.78 is 15.6. The second-order valence-electron chi connectivity index (χ2n) is 6.78. The molecule has 1 aromatic carbocycles. The van der Waals surface area contributed by atoms with Crippen LogP contribution in [0.3, 0.4) is 0 Å². The van der Waals surface area contributed by atoms with Gasteiger partial charge in [-0.05, 0) is 18.1 Å². The molecular weight excluding hydrogens is 375 g/mol. The summed E-state index contributed by atoms with van der Waals surface area (Å²) in [5.74, 6) is -0.410. The first-order chi connectivity index (χ1) is 12.3. The van der Waals surface area contributed by atoms with Gasteiger partial charge in [-0.1, -0.05) is 62.3 Å². The van der Waals surface area contributed by atoms with Gasteiger partial charge in [0.25, 0.3) is 5.56 Å². The van der Waals surface area contributed by atoms with Crippen molar-refractivity contribution >= 4 is 33.0 Å². The molecule has 0 spiro atoms. The van der Waals surface area contributed by atoms with Crippen LogP contribution in [-0.4, -0.2) is 21.1 Å². The summed E-state index contributed by atoms with van der Waals surface area (Å²) >= 11 is 7.20. The summed E-state index contributed by atoms with van der Waals surface area (Å²) in [6.45, 7) is 6.32. The van der Waals surface area contributed by atoms with Crippen LogP contribution in [0.2, 0.25) is 5.02 Å². The maximum absolute atomic E-state index is 14.3. The molecule has 0 radical (unpaired) electrons. The molecule has 0 aliphatic rings. The smallest absolute Gasteiger partial charge is 0.275 e. The number of hydrogen-bond donors (Lipinski definition) is 1. The van der Waals surface area contributed by atoms with Crippen LogP contribution >= 0.6 is 22.9 Å². The molecule has 138 valence electrons. The van der Waals surface area contributed by atoms with Crippen molar-refractivity contribution < 1.29 is 4.39 Å². The number of nitrogens with zero attached hydrogens (tertiary/aromatic N) is 3. The van der Waals surface area contributed by atoms with Crippen LogP contribution in [0.25, 0.3) is 4.96 Å². The largest absolute Gasteiger partial charge is 0.359 e. The van der Waals surface area contributed by atoms with E-state index in [0.29, 0.717) is 22.2 Å². The predicted octanol–water partition coefficient (Wildman–Crippen LogP) is 4.29. The highest BCUT2D eigenvalue weighted by molar-refractivity contribution is 7.20. The summed E-state index contributed by atoms with van der Waals surface area (Å²) in [6, 6.07) is 6.51. The van der Waals surface area contributed by atoms with Crippen molar-refractivity contribution in [3.8, 4) is 0 Å². The zero-order valence-electron chi connectivity index (χ0n) is 14.8. The highest BCUT2D eigenvalue weighted by atomic mass is 35.5. The Hall–Kier alpha value is -1.99. The van der Waals surface area contributed by atoms with E-state index in [-0.39, 0.29) is 10.6 Å². The SMILES string of the molecule is CCCc1cc(=O)n2nc(NCC(C)(C)c3cccc(Cl)c3F)sc2n1. The maximum Gasteiger partial charge on any atom is 0.275 e. The molecule has 0 fully saturated rings. The number of aryl methyl sites for hydroxylation is 1. The van der Waals surface area contributed by atoms with Crippen LogP contribution in [0.1, 0.15) is 38.4 Å². The van der Waals surface area contributed by atoms with E-state index in [1.807, 2.05) is 20.8 Å². The maximum atomic E-state index is 14.3. The molecule has 0 aliphatic carbocycles. The lowest BCUT2D eigenvalue weighted by molar-refractivity contribution is 0.504. The van der Waals surface area contributed by atoms with Crippen molar-refractivity contribution in [3.05, 3.63) is 56.7 Å². The Kier molecular flexibility index (Phi) is 5.29. The van der Waals surface area contributed by atoms with E-state index in [0.717, 1.165) is 18.5 Å². The van der Waals surface area contributed by atoms with Crippen molar-refractivity contribution in [1.29, 1.82) is 0 Å². The summed E-state index contributed by atoms with van der Waals surface area (Å²) in [6.07, 6.45) is 1.68. The molecule has 0 aliphatic heterocycles. The molecule has 3 rings (SSSR count). The number of aromatic nitrogens is 3. The van der Waals surface area contributed by atoms with Crippen molar-refractivity contribution in [1.82, 2.24) is 14.6 Å². The van der Waals surface area contributed by atoms with E-state index in [1.165, 1.54) is 28.0 Å². The molecule has 0 unspecified atom stereocenters. The third-order valence-electron chi connectivity index (χ3n) is 4.17. The fourth-order valence-corrected chi connectivity index (χ4v) is 3.72. The second-order valence-corrected chi connectivity index (χ2v) is 8.14. The van der Waals surface area contributed by atoms with Crippen molar-refractivity contribution in [2.45, 2.75) is 39.0 Å². The van der Waals surface area contributed by atoms with E-state index < -0.39 is 11.2 Å². The molecule has 8 heteroatoms. The second kappa shape index (κ2) is 7.32. The fourth-order valence-electron chi connectivity index (χ4n) is 2.73. The van der Waals surface area contributed by atoms with Gasteiger partial charge in [-0.15, -0.1) is 5.10 Å². The first-order valence-corrected chi connectivity index (χ1v) is 9.59. The molecule has 0 bridgehead atoms. The average molecular weight is 395 g/mol. The van der Waals surface area contributed by atoms with Gasteiger partial charge in [0.05, 0.1) is 5.02 Å². The first kappa shape index (κ1) is 18.8. The molecular formula is C18H20ClFN4OS. The van der Waals surface area contributed by atoms with Crippen molar-refractivity contribution in [2.24, 2.45) is 0 Å². The van der Waals surface area contributed by atoms with Gasteiger partial charge in [0.1, 0.15) is 5.82 Å². The number of rotatable bonds is 6. The Balaban J connectivity index is 1.84. The predicted molar refractivity (Wildman–Crippen MR) is 104 cm³/mol. The Labute approximate surface area is 159 Å². The van der Waals surface area contributed by atoms with Gasteiger partial charge in [-0.3, -0.25) is 4.79 Å². The number of nitrogens with one attached hydrogen (secondary N) is 1. The van der Waals surface area contributed by atoms with Crippen LogP contribution in [0.4, 0.5) is 9.52 Å². The molecule has 2 aromatic heterocycles. The van der Waals surface area contributed by atoms with Gasteiger partial charge in [-0.2, -0.15) is 4.52 Å². The topological polar surface area (TPSA) is 59.3 Å². The standard InChI is InChI=1S/C18H20ClFN4OS/c1-4-6-11-9-14(25)24-17(22-11)26-16(23-24)21-10-18(2,3)12-7-5-8-13(19)15(12)20/h5,7-9H,4,6,10H2,1-3H3,(H,21,23). The minimum Gasteiger partial charge on any atom is -0.359 e. The Bertz CT molecular complexity index is 999. The summed E-state index contributed by atoms with van der Waals surface area (Å²) in [5.41, 5.74) is 0.592. The normalized spacial score (nSPS) is 11.9. The van der Waals surface area contributed by atoms with E-state index in [2.05, 4.69) is 15.4 Å². The minimum atomic E-state index is -0.515. The van der Waals surface area contributed by atoms with Crippen molar-refractivity contribution in [3.63, 3.8) is 0 Å². The average Bonchev–Trinajstić information content (AvgIpc) is 2.99. The van der Waals surface area contributed by atoms with Gasteiger partial charge < -0.3 is 5.32 Å². The monoisotopic (exact) mass is 394 g/mol. The van der Waals surface area contributed by atoms with Crippen LogP contribution < -0.4 is 10.9 Å². The molecule has 0 atom stereocenters. The van der Waals surface area contributed by atoms with E-state index in [9.17, 15) is 9.18 Å². The zero-order valence-corrected chi connectivity index (χ0v) is 16.4. The van der Waals surface area contributed by atoms with Gasteiger partial charge in [0.15, 0.2) is 0 Å². The molecule has 5 nitrogen and oxygen atoms in total. The number of anilines is 1. The van der Waals surface area contributed by atoms with Crippen LogP contribution in [-0.2, 0) is 11.8 Å². The molecule has 0 saturated heterocycles. The first-order valence-electron chi connectivity index (χ1n) is 8.40. The lowest BCUT2D eigenvalue weighted by atomic mass is 9.84. The van der Waals surface area contributed by atoms with Crippen LogP contribution in [0.5, 0.6) is 0 Å². The van der Waals surface area contributed by atoms with E-state index >= 15 is 0 Å². The third-order valence-corrected chi connectivity index (χ3v) is 5.32. The van der Waals surface area contributed by atoms with Gasteiger partial charge in [-0.25, -0.2) is 9.37 Å². The molecule has 1 N–H and O–H groups in total. The minimum absolute atomic E-state index is 0.106. The van der Waals surface area contributed by atoms with Gasteiger partial charge in [0.2, 0.25) is 10.1 Å².